The quantitative estimate of drug-likeness (QED) is 0.660. The number of rotatable bonds is 8. The summed E-state index contributed by atoms with van der Waals surface area (Å²) >= 11 is 0. The molecular weight excluding hydrogens is 340 g/mol. The van der Waals surface area contributed by atoms with Gasteiger partial charge in [-0.25, -0.2) is 4.79 Å². The summed E-state index contributed by atoms with van der Waals surface area (Å²) in [5.74, 6) is -1.36. The van der Waals surface area contributed by atoms with E-state index < -0.39 is 24.5 Å². The summed E-state index contributed by atoms with van der Waals surface area (Å²) in [6.07, 6.45) is 2.68. The van der Waals surface area contributed by atoms with Crippen molar-refractivity contribution in [1.82, 2.24) is 10.6 Å². The second-order valence-electron chi connectivity index (χ2n) is 5.69. The van der Waals surface area contributed by atoms with Crippen molar-refractivity contribution in [1.29, 1.82) is 0 Å². The van der Waals surface area contributed by atoms with Crippen LogP contribution in [0.4, 0.5) is 0 Å². The second-order valence-corrected chi connectivity index (χ2v) is 5.69. The normalized spacial score (nSPS) is 12.7. The van der Waals surface area contributed by atoms with Gasteiger partial charge in [0.2, 0.25) is 5.91 Å². The summed E-state index contributed by atoms with van der Waals surface area (Å²) in [6, 6.07) is 7.21. The highest BCUT2D eigenvalue weighted by Crippen LogP contribution is 2.17. The average Bonchev–Trinajstić information content (AvgIpc) is 3.15. The molecule has 0 saturated heterocycles. The molecule has 8 nitrogen and oxygen atoms in total. The topological polar surface area (TPSA) is 118 Å². The molecule has 2 rings (SSSR count). The zero-order valence-corrected chi connectivity index (χ0v) is 14.4. The van der Waals surface area contributed by atoms with Gasteiger partial charge in [0.1, 0.15) is 18.1 Å². The number of hydrogen-bond acceptors (Lipinski definition) is 5. The molecular formula is C18H20N2O6. The minimum atomic E-state index is -1.05. The molecule has 0 aliphatic heterocycles. The number of hydrogen-bond donors (Lipinski definition) is 3. The number of benzene rings is 1. The first kappa shape index (κ1) is 19.0. The molecule has 0 radical (unpaired) electrons. The Morgan fingerprint density at radius 1 is 1.12 bits per heavy atom. The first-order valence-corrected chi connectivity index (χ1v) is 7.95. The van der Waals surface area contributed by atoms with E-state index in [0.29, 0.717) is 11.3 Å². The zero-order valence-electron chi connectivity index (χ0n) is 14.4. The Hall–Kier alpha value is -3.29. The summed E-state index contributed by atoms with van der Waals surface area (Å²) in [5, 5.41) is 14.0. The van der Waals surface area contributed by atoms with Gasteiger partial charge in [-0.2, -0.15) is 0 Å². The molecule has 8 heteroatoms. The van der Waals surface area contributed by atoms with E-state index in [2.05, 4.69) is 10.6 Å². The zero-order chi connectivity index (χ0) is 19.1. The van der Waals surface area contributed by atoms with Crippen LogP contribution in [-0.4, -0.2) is 35.5 Å². The number of carbonyl (C=O) groups is 3. The van der Waals surface area contributed by atoms with Crippen molar-refractivity contribution in [2.45, 2.75) is 25.9 Å². The molecule has 26 heavy (non-hydrogen) atoms. The van der Waals surface area contributed by atoms with Crippen LogP contribution in [0.15, 0.2) is 47.3 Å². The Morgan fingerprint density at radius 2 is 1.81 bits per heavy atom. The number of amides is 2. The SMILES string of the molecule is CC(NC(=O)c1ccoc1)C(=O)NC(C)c1ccc(OCC(=O)O)cc1. The highest BCUT2D eigenvalue weighted by atomic mass is 16.5. The molecule has 0 aliphatic rings. The fourth-order valence-electron chi connectivity index (χ4n) is 2.16. The van der Waals surface area contributed by atoms with Crippen LogP contribution >= 0.6 is 0 Å². The number of carbonyl (C=O) groups excluding carboxylic acids is 2. The third kappa shape index (κ3) is 5.37. The lowest BCUT2D eigenvalue weighted by molar-refractivity contribution is -0.139. The van der Waals surface area contributed by atoms with Gasteiger partial charge in [-0.05, 0) is 37.6 Å². The standard InChI is InChI=1S/C18H20N2O6/c1-11(13-3-5-15(6-4-13)26-10-16(21)22)19-17(23)12(2)20-18(24)14-7-8-25-9-14/h3-9,11-12H,10H2,1-2H3,(H,19,23)(H,20,24)(H,21,22). The molecule has 1 aromatic carbocycles. The van der Waals surface area contributed by atoms with Gasteiger partial charge in [-0.15, -0.1) is 0 Å². The van der Waals surface area contributed by atoms with Crippen molar-refractivity contribution in [3.8, 4) is 5.75 Å². The largest absolute Gasteiger partial charge is 0.482 e. The van der Waals surface area contributed by atoms with Gasteiger partial charge >= 0.3 is 5.97 Å². The van der Waals surface area contributed by atoms with Gasteiger partial charge < -0.3 is 24.9 Å². The molecule has 0 saturated carbocycles. The van der Waals surface area contributed by atoms with Crippen LogP contribution in [0.5, 0.6) is 5.75 Å². The van der Waals surface area contributed by atoms with Gasteiger partial charge in [0.05, 0.1) is 17.9 Å². The number of aliphatic carboxylic acids is 1. The predicted molar refractivity (Wildman–Crippen MR) is 91.8 cm³/mol. The highest BCUT2D eigenvalue weighted by Gasteiger charge is 2.19. The van der Waals surface area contributed by atoms with E-state index in [4.69, 9.17) is 14.3 Å². The molecule has 2 aromatic rings. The van der Waals surface area contributed by atoms with Gasteiger partial charge in [0, 0.05) is 0 Å². The molecule has 3 N–H and O–H groups in total. The lowest BCUT2D eigenvalue weighted by atomic mass is 10.1. The Labute approximate surface area is 150 Å². The van der Waals surface area contributed by atoms with Crippen LogP contribution in [-0.2, 0) is 9.59 Å². The van der Waals surface area contributed by atoms with Gasteiger partial charge in [-0.3, -0.25) is 9.59 Å². The van der Waals surface area contributed by atoms with Crippen LogP contribution in [0.25, 0.3) is 0 Å². The van der Waals surface area contributed by atoms with E-state index in [-0.39, 0.29) is 11.9 Å². The van der Waals surface area contributed by atoms with Crippen molar-refractivity contribution >= 4 is 17.8 Å². The number of ether oxygens (including phenoxy) is 1. The van der Waals surface area contributed by atoms with Gasteiger partial charge in [-0.1, -0.05) is 12.1 Å². The molecule has 2 amide bonds. The Bertz CT molecular complexity index is 754. The lowest BCUT2D eigenvalue weighted by Gasteiger charge is -2.19. The second kappa shape index (κ2) is 8.70. The van der Waals surface area contributed by atoms with E-state index in [1.54, 1.807) is 38.1 Å². The highest BCUT2D eigenvalue weighted by molar-refractivity contribution is 5.97. The number of furan rings is 1. The summed E-state index contributed by atoms with van der Waals surface area (Å²) in [7, 11) is 0. The van der Waals surface area contributed by atoms with Gasteiger partial charge in [0.25, 0.3) is 5.91 Å². The van der Waals surface area contributed by atoms with Crippen LogP contribution in [0.3, 0.4) is 0 Å². The Balaban J connectivity index is 1.87. The first-order valence-electron chi connectivity index (χ1n) is 7.95. The van der Waals surface area contributed by atoms with Crippen molar-refractivity contribution in [3.05, 3.63) is 54.0 Å². The van der Waals surface area contributed by atoms with E-state index >= 15 is 0 Å². The Kier molecular flexibility index (Phi) is 6.37. The number of carboxylic acids is 1. The molecule has 138 valence electrons. The van der Waals surface area contributed by atoms with Crippen molar-refractivity contribution in [3.63, 3.8) is 0 Å². The number of carboxylic acid groups (broad SMARTS) is 1. The monoisotopic (exact) mass is 360 g/mol. The van der Waals surface area contributed by atoms with Crippen molar-refractivity contribution < 1.29 is 28.6 Å². The van der Waals surface area contributed by atoms with Crippen LogP contribution in [0.2, 0.25) is 0 Å². The van der Waals surface area contributed by atoms with E-state index in [1.165, 1.54) is 18.6 Å². The average molecular weight is 360 g/mol. The third-order valence-corrected chi connectivity index (χ3v) is 3.63. The molecule has 1 aromatic heterocycles. The fourth-order valence-corrected chi connectivity index (χ4v) is 2.16. The van der Waals surface area contributed by atoms with E-state index in [1.807, 2.05) is 0 Å². The lowest BCUT2D eigenvalue weighted by Crippen LogP contribution is -2.45. The Morgan fingerprint density at radius 3 is 2.38 bits per heavy atom. The van der Waals surface area contributed by atoms with Crippen molar-refractivity contribution in [2.75, 3.05) is 6.61 Å². The molecule has 0 spiro atoms. The summed E-state index contributed by atoms with van der Waals surface area (Å²) in [5.41, 5.74) is 1.16. The molecule has 1 heterocycles. The fraction of sp³-hybridized carbons (Fsp3) is 0.278. The van der Waals surface area contributed by atoms with Crippen molar-refractivity contribution in [2.24, 2.45) is 0 Å². The van der Waals surface area contributed by atoms with Crippen LogP contribution in [0, 0.1) is 0 Å². The first-order chi connectivity index (χ1) is 12.4. The smallest absolute Gasteiger partial charge is 0.341 e. The molecule has 0 bridgehead atoms. The minimum absolute atomic E-state index is 0.302. The predicted octanol–water partition coefficient (Wildman–Crippen LogP) is 1.74. The molecule has 2 unspecified atom stereocenters. The maximum atomic E-state index is 12.2. The van der Waals surface area contributed by atoms with Gasteiger partial charge in [0.15, 0.2) is 6.61 Å². The van der Waals surface area contributed by atoms with E-state index in [0.717, 1.165) is 5.56 Å². The maximum Gasteiger partial charge on any atom is 0.341 e. The summed E-state index contributed by atoms with van der Waals surface area (Å²) in [6.45, 7) is 2.97. The van der Waals surface area contributed by atoms with Crippen LogP contribution in [0.1, 0.15) is 35.8 Å². The maximum absolute atomic E-state index is 12.2. The molecule has 2 atom stereocenters. The molecule has 0 fully saturated rings. The van der Waals surface area contributed by atoms with E-state index in [9.17, 15) is 14.4 Å². The minimum Gasteiger partial charge on any atom is -0.482 e. The summed E-state index contributed by atoms with van der Waals surface area (Å²) < 4.78 is 9.89. The molecule has 0 aliphatic carbocycles. The van der Waals surface area contributed by atoms with Crippen LogP contribution < -0.4 is 15.4 Å². The summed E-state index contributed by atoms with van der Waals surface area (Å²) in [4.78, 5) is 34.6. The third-order valence-electron chi connectivity index (χ3n) is 3.63. The number of nitrogens with one attached hydrogen (secondary N) is 2.